The first kappa shape index (κ1) is 11.7. The third kappa shape index (κ3) is 5.37. The predicted octanol–water partition coefficient (Wildman–Crippen LogP) is 1.31. The SMILES string of the molecule is CN=C(NCCCSC)NCC1CC1. The average molecular weight is 215 g/mol. The van der Waals surface area contributed by atoms with Gasteiger partial charge in [-0.25, -0.2) is 0 Å². The van der Waals surface area contributed by atoms with Gasteiger partial charge >= 0.3 is 0 Å². The van der Waals surface area contributed by atoms with Crippen molar-refractivity contribution in [3.8, 4) is 0 Å². The largest absolute Gasteiger partial charge is 0.356 e. The molecule has 1 rings (SSSR count). The second-order valence-corrected chi connectivity index (χ2v) is 4.66. The van der Waals surface area contributed by atoms with Crippen molar-refractivity contribution in [3.63, 3.8) is 0 Å². The highest BCUT2D eigenvalue weighted by molar-refractivity contribution is 7.98. The Kier molecular flexibility index (Phi) is 5.83. The molecule has 1 saturated carbocycles. The molecular formula is C10H21N3S. The molecule has 0 radical (unpaired) electrons. The minimum atomic E-state index is 0.903. The highest BCUT2D eigenvalue weighted by Crippen LogP contribution is 2.27. The molecule has 1 fully saturated rings. The Morgan fingerprint density at radius 3 is 2.79 bits per heavy atom. The Morgan fingerprint density at radius 2 is 2.21 bits per heavy atom. The van der Waals surface area contributed by atoms with E-state index in [1.54, 1.807) is 0 Å². The van der Waals surface area contributed by atoms with Crippen molar-refractivity contribution in [2.24, 2.45) is 10.9 Å². The normalized spacial score (nSPS) is 16.9. The van der Waals surface area contributed by atoms with Gasteiger partial charge in [-0.1, -0.05) is 0 Å². The van der Waals surface area contributed by atoms with Gasteiger partial charge in [0.05, 0.1) is 0 Å². The Morgan fingerprint density at radius 1 is 1.43 bits per heavy atom. The smallest absolute Gasteiger partial charge is 0.190 e. The number of aliphatic imine (C=N–C) groups is 1. The molecule has 0 bridgehead atoms. The van der Waals surface area contributed by atoms with Crippen LogP contribution in [0.15, 0.2) is 4.99 Å². The number of thioether (sulfide) groups is 1. The minimum Gasteiger partial charge on any atom is -0.356 e. The quantitative estimate of drug-likeness (QED) is 0.398. The van der Waals surface area contributed by atoms with Crippen molar-refractivity contribution < 1.29 is 0 Å². The van der Waals surface area contributed by atoms with Gasteiger partial charge < -0.3 is 10.6 Å². The monoisotopic (exact) mass is 215 g/mol. The van der Waals surface area contributed by atoms with Crippen LogP contribution in [0.3, 0.4) is 0 Å². The molecule has 0 aliphatic heterocycles. The molecule has 1 aliphatic carbocycles. The zero-order valence-corrected chi connectivity index (χ0v) is 9.99. The van der Waals surface area contributed by atoms with E-state index in [9.17, 15) is 0 Å². The lowest BCUT2D eigenvalue weighted by molar-refractivity contribution is 0.731. The van der Waals surface area contributed by atoms with Gasteiger partial charge in [0.2, 0.25) is 0 Å². The fraction of sp³-hybridized carbons (Fsp3) is 0.900. The number of hydrogen-bond donors (Lipinski definition) is 2. The summed E-state index contributed by atoms with van der Waals surface area (Å²) in [6, 6.07) is 0. The average Bonchev–Trinajstić information content (AvgIpc) is 3.01. The van der Waals surface area contributed by atoms with E-state index in [4.69, 9.17) is 0 Å². The predicted molar refractivity (Wildman–Crippen MR) is 65.1 cm³/mol. The Hall–Kier alpha value is -0.380. The van der Waals surface area contributed by atoms with Crippen molar-refractivity contribution in [1.29, 1.82) is 0 Å². The zero-order chi connectivity index (χ0) is 10.2. The van der Waals surface area contributed by atoms with Crippen molar-refractivity contribution in [2.75, 3.05) is 32.1 Å². The second kappa shape index (κ2) is 6.98. The maximum Gasteiger partial charge on any atom is 0.190 e. The van der Waals surface area contributed by atoms with E-state index in [2.05, 4.69) is 21.9 Å². The summed E-state index contributed by atoms with van der Waals surface area (Å²) in [4.78, 5) is 4.17. The van der Waals surface area contributed by atoms with E-state index in [0.29, 0.717) is 0 Å². The van der Waals surface area contributed by atoms with E-state index in [1.165, 1.54) is 25.0 Å². The lowest BCUT2D eigenvalue weighted by Gasteiger charge is -2.10. The third-order valence-corrected chi connectivity index (χ3v) is 2.99. The molecule has 2 N–H and O–H groups in total. The first-order valence-corrected chi connectivity index (χ1v) is 6.69. The van der Waals surface area contributed by atoms with Crippen molar-refractivity contribution in [3.05, 3.63) is 0 Å². The molecule has 0 aromatic heterocycles. The molecule has 3 nitrogen and oxygen atoms in total. The highest BCUT2D eigenvalue weighted by atomic mass is 32.2. The molecule has 0 saturated heterocycles. The van der Waals surface area contributed by atoms with E-state index >= 15 is 0 Å². The van der Waals surface area contributed by atoms with Crippen LogP contribution in [0, 0.1) is 5.92 Å². The zero-order valence-electron chi connectivity index (χ0n) is 9.18. The van der Waals surface area contributed by atoms with Gasteiger partial charge in [-0.2, -0.15) is 11.8 Å². The standard InChI is InChI=1S/C10H21N3S/c1-11-10(12-6-3-7-14-2)13-8-9-4-5-9/h9H,3-8H2,1-2H3,(H2,11,12,13). The maximum atomic E-state index is 4.17. The van der Waals surface area contributed by atoms with Gasteiger partial charge in [0.1, 0.15) is 0 Å². The Labute approximate surface area is 91.1 Å². The van der Waals surface area contributed by atoms with E-state index in [-0.39, 0.29) is 0 Å². The van der Waals surface area contributed by atoms with Gasteiger partial charge in [-0.15, -0.1) is 0 Å². The number of nitrogens with zero attached hydrogens (tertiary/aromatic N) is 1. The summed E-state index contributed by atoms with van der Waals surface area (Å²) >= 11 is 1.89. The Bertz CT molecular complexity index is 178. The summed E-state index contributed by atoms with van der Waals surface area (Å²) < 4.78 is 0. The number of rotatable bonds is 6. The molecule has 0 atom stereocenters. The molecule has 0 unspecified atom stereocenters. The molecule has 14 heavy (non-hydrogen) atoms. The van der Waals surface area contributed by atoms with Crippen LogP contribution in [0.5, 0.6) is 0 Å². The first-order valence-electron chi connectivity index (χ1n) is 5.30. The van der Waals surface area contributed by atoms with Gasteiger partial charge in [-0.05, 0) is 37.2 Å². The third-order valence-electron chi connectivity index (χ3n) is 2.30. The number of hydrogen-bond acceptors (Lipinski definition) is 2. The van der Waals surface area contributed by atoms with Crippen LogP contribution in [-0.4, -0.2) is 38.1 Å². The van der Waals surface area contributed by atoms with Gasteiger partial charge in [0.15, 0.2) is 5.96 Å². The summed E-state index contributed by atoms with van der Waals surface area (Å²) in [7, 11) is 1.83. The fourth-order valence-electron chi connectivity index (χ4n) is 1.21. The molecule has 0 spiro atoms. The molecule has 0 amide bonds. The van der Waals surface area contributed by atoms with Gasteiger partial charge in [0.25, 0.3) is 0 Å². The van der Waals surface area contributed by atoms with Crippen LogP contribution in [0.2, 0.25) is 0 Å². The lowest BCUT2D eigenvalue weighted by Crippen LogP contribution is -2.38. The summed E-state index contributed by atoms with van der Waals surface area (Å²) in [5, 5.41) is 6.65. The van der Waals surface area contributed by atoms with Gasteiger partial charge in [-0.3, -0.25) is 4.99 Å². The summed E-state index contributed by atoms with van der Waals surface area (Å²) in [6.07, 6.45) is 6.11. The highest BCUT2D eigenvalue weighted by Gasteiger charge is 2.20. The topological polar surface area (TPSA) is 36.4 Å². The number of nitrogens with one attached hydrogen (secondary N) is 2. The van der Waals surface area contributed by atoms with E-state index < -0.39 is 0 Å². The molecule has 82 valence electrons. The molecular weight excluding hydrogens is 194 g/mol. The van der Waals surface area contributed by atoms with Crippen LogP contribution < -0.4 is 10.6 Å². The first-order chi connectivity index (χ1) is 6.86. The second-order valence-electron chi connectivity index (χ2n) is 3.67. The molecule has 4 heteroatoms. The van der Waals surface area contributed by atoms with Crippen molar-refractivity contribution >= 4 is 17.7 Å². The molecule has 1 aliphatic rings. The molecule has 0 heterocycles. The van der Waals surface area contributed by atoms with Crippen LogP contribution in [0.4, 0.5) is 0 Å². The van der Waals surface area contributed by atoms with Crippen LogP contribution in [-0.2, 0) is 0 Å². The van der Waals surface area contributed by atoms with Crippen LogP contribution >= 0.6 is 11.8 Å². The summed E-state index contributed by atoms with van der Waals surface area (Å²) in [6.45, 7) is 2.10. The summed E-state index contributed by atoms with van der Waals surface area (Å²) in [5.74, 6) is 3.07. The van der Waals surface area contributed by atoms with Crippen LogP contribution in [0.25, 0.3) is 0 Å². The maximum absolute atomic E-state index is 4.17. The minimum absolute atomic E-state index is 0.903. The van der Waals surface area contributed by atoms with E-state index in [0.717, 1.165) is 25.0 Å². The summed E-state index contributed by atoms with van der Waals surface area (Å²) in [5.41, 5.74) is 0. The fourth-order valence-corrected chi connectivity index (χ4v) is 1.64. The van der Waals surface area contributed by atoms with Crippen LogP contribution in [0.1, 0.15) is 19.3 Å². The van der Waals surface area contributed by atoms with Gasteiger partial charge in [0, 0.05) is 20.1 Å². The molecule has 0 aromatic rings. The lowest BCUT2D eigenvalue weighted by atomic mass is 10.4. The number of guanidine groups is 1. The van der Waals surface area contributed by atoms with Crippen molar-refractivity contribution in [2.45, 2.75) is 19.3 Å². The molecule has 0 aromatic carbocycles. The Balaban J connectivity index is 1.99. The van der Waals surface area contributed by atoms with E-state index in [1.807, 2.05) is 18.8 Å². The van der Waals surface area contributed by atoms with Crippen molar-refractivity contribution in [1.82, 2.24) is 10.6 Å².